The fourth-order valence-corrected chi connectivity index (χ4v) is 6.94. The normalized spacial score (nSPS) is 33.4. The van der Waals surface area contributed by atoms with Crippen molar-refractivity contribution in [3.63, 3.8) is 0 Å². The summed E-state index contributed by atoms with van der Waals surface area (Å²) in [5.41, 5.74) is 8.32. The standard InChI is InChI=1S/C28H42O/c1-17(2)18(3)7-8-19(4)26-11-12-27-25-16-21-15-22(29)9-10-23(21)20(5)24(25)13-14-28(26,27)6/h7-8,16-19,22,26-27,29H,9-15H2,1-6H3/b8-7-/t18-,19+,22-,26-,27-,28+/m1/s1. The number of aliphatic hydroxyl groups excluding tert-OH is 1. The third-order valence-electron chi connectivity index (χ3n) is 9.26. The van der Waals surface area contributed by atoms with Crippen LogP contribution in [0.25, 0.3) is 0 Å². The number of hydrogen-bond donors (Lipinski definition) is 1. The van der Waals surface area contributed by atoms with Crippen molar-refractivity contribution < 1.29 is 5.11 Å². The Balaban J connectivity index is 1.63. The molecule has 6 atom stereocenters. The molecule has 0 amide bonds. The quantitative estimate of drug-likeness (QED) is 0.558. The Kier molecular flexibility index (Phi) is 5.75. The second-order valence-corrected chi connectivity index (χ2v) is 11.2. The minimum atomic E-state index is -0.139. The molecule has 1 heteroatoms. The zero-order valence-corrected chi connectivity index (χ0v) is 19.6. The highest BCUT2D eigenvalue weighted by Gasteiger charge is 2.51. The lowest BCUT2D eigenvalue weighted by Crippen LogP contribution is -2.35. The number of fused-ring (bicyclic) bond motifs is 4. The van der Waals surface area contributed by atoms with Gasteiger partial charge in [0.1, 0.15) is 0 Å². The van der Waals surface area contributed by atoms with E-state index < -0.39 is 0 Å². The highest BCUT2D eigenvalue weighted by Crippen LogP contribution is 2.61. The van der Waals surface area contributed by atoms with Gasteiger partial charge in [0, 0.05) is 0 Å². The lowest BCUT2D eigenvalue weighted by atomic mass is 9.60. The summed E-state index contributed by atoms with van der Waals surface area (Å²) < 4.78 is 0. The average molecular weight is 395 g/mol. The van der Waals surface area contributed by atoms with Gasteiger partial charge in [-0.05, 0) is 115 Å². The number of hydrogen-bond acceptors (Lipinski definition) is 1. The SMILES string of the molecule is Cc1c2c(cc3c1CC[C@]1(C)[C@@H]3CC[C@@H]1[C@@H](C)/C=C\[C@@H](C)C(C)C)C[C@H](O)CC2. The summed E-state index contributed by atoms with van der Waals surface area (Å²) in [6.45, 7) is 14.4. The Morgan fingerprint density at radius 2 is 1.79 bits per heavy atom. The number of aliphatic hydroxyl groups is 1. The van der Waals surface area contributed by atoms with Crippen molar-refractivity contribution in [2.75, 3.05) is 0 Å². The van der Waals surface area contributed by atoms with Crippen LogP contribution in [0.5, 0.6) is 0 Å². The first-order valence-corrected chi connectivity index (χ1v) is 12.2. The predicted octanol–water partition coefficient (Wildman–Crippen LogP) is 6.78. The molecule has 0 aliphatic heterocycles. The van der Waals surface area contributed by atoms with Crippen LogP contribution in [0.1, 0.15) is 94.0 Å². The van der Waals surface area contributed by atoms with Gasteiger partial charge in [0.25, 0.3) is 0 Å². The average Bonchev–Trinajstić information content (AvgIpc) is 3.03. The third kappa shape index (κ3) is 3.62. The molecule has 0 spiro atoms. The van der Waals surface area contributed by atoms with Gasteiger partial charge in [-0.3, -0.25) is 0 Å². The second-order valence-electron chi connectivity index (χ2n) is 11.2. The first-order valence-electron chi connectivity index (χ1n) is 12.2. The van der Waals surface area contributed by atoms with Crippen LogP contribution in [-0.4, -0.2) is 11.2 Å². The van der Waals surface area contributed by atoms with Crippen molar-refractivity contribution in [3.05, 3.63) is 46.0 Å². The predicted molar refractivity (Wildman–Crippen MR) is 123 cm³/mol. The lowest BCUT2D eigenvalue weighted by molar-refractivity contribution is 0.141. The molecule has 1 aromatic carbocycles. The van der Waals surface area contributed by atoms with Crippen molar-refractivity contribution in [2.24, 2.45) is 29.1 Å². The summed E-state index contributed by atoms with van der Waals surface area (Å²) >= 11 is 0. The van der Waals surface area contributed by atoms with Crippen molar-refractivity contribution in [1.82, 2.24) is 0 Å². The van der Waals surface area contributed by atoms with E-state index in [1.807, 2.05) is 0 Å². The van der Waals surface area contributed by atoms with E-state index in [4.69, 9.17) is 0 Å². The van der Waals surface area contributed by atoms with E-state index in [0.29, 0.717) is 23.2 Å². The Hall–Kier alpha value is -1.08. The molecule has 0 radical (unpaired) electrons. The van der Waals surface area contributed by atoms with Crippen LogP contribution >= 0.6 is 0 Å². The molecule has 1 N–H and O–H groups in total. The van der Waals surface area contributed by atoms with Gasteiger partial charge in [-0.1, -0.05) is 52.8 Å². The van der Waals surface area contributed by atoms with Gasteiger partial charge in [0.2, 0.25) is 0 Å². The minimum absolute atomic E-state index is 0.139. The summed E-state index contributed by atoms with van der Waals surface area (Å²) in [4.78, 5) is 0. The molecular formula is C28H42O. The van der Waals surface area contributed by atoms with Crippen molar-refractivity contribution in [1.29, 1.82) is 0 Å². The molecule has 0 aromatic heterocycles. The molecular weight excluding hydrogens is 352 g/mol. The van der Waals surface area contributed by atoms with E-state index in [1.54, 1.807) is 22.3 Å². The fraction of sp³-hybridized carbons (Fsp3) is 0.714. The zero-order chi connectivity index (χ0) is 20.9. The first kappa shape index (κ1) is 21.2. The van der Waals surface area contributed by atoms with Gasteiger partial charge in [-0.15, -0.1) is 0 Å². The second kappa shape index (κ2) is 7.88. The van der Waals surface area contributed by atoms with Crippen LogP contribution in [0, 0.1) is 36.0 Å². The van der Waals surface area contributed by atoms with Gasteiger partial charge < -0.3 is 5.11 Å². The highest BCUT2D eigenvalue weighted by molar-refractivity contribution is 5.50. The maximum absolute atomic E-state index is 10.2. The molecule has 1 saturated carbocycles. The smallest absolute Gasteiger partial charge is 0.0583 e. The largest absolute Gasteiger partial charge is 0.393 e. The van der Waals surface area contributed by atoms with Gasteiger partial charge in [-0.2, -0.15) is 0 Å². The van der Waals surface area contributed by atoms with Crippen LogP contribution in [0.2, 0.25) is 0 Å². The summed E-state index contributed by atoms with van der Waals surface area (Å²) in [5, 5.41) is 10.2. The molecule has 0 unspecified atom stereocenters. The van der Waals surface area contributed by atoms with E-state index >= 15 is 0 Å². The summed E-state index contributed by atoms with van der Waals surface area (Å²) in [5.74, 6) is 3.54. The van der Waals surface area contributed by atoms with Gasteiger partial charge in [0.15, 0.2) is 0 Å². The Morgan fingerprint density at radius 3 is 2.52 bits per heavy atom. The van der Waals surface area contributed by atoms with E-state index in [1.165, 1.54) is 31.2 Å². The molecule has 1 fully saturated rings. The van der Waals surface area contributed by atoms with Crippen molar-refractivity contribution in [2.45, 2.75) is 98.5 Å². The Labute approximate surface area is 179 Å². The zero-order valence-electron chi connectivity index (χ0n) is 19.6. The highest BCUT2D eigenvalue weighted by atomic mass is 16.3. The molecule has 0 saturated heterocycles. The van der Waals surface area contributed by atoms with Crippen molar-refractivity contribution in [3.8, 4) is 0 Å². The van der Waals surface area contributed by atoms with Gasteiger partial charge >= 0.3 is 0 Å². The first-order chi connectivity index (χ1) is 13.7. The maximum Gasteiger partial charge on any atom is 0.0583 e. The van der Waals surface area contributed by atoms with E-state index in [-0.39, 0.29) is 6.10 Å². The minimum Gasteiger partial charge on any atom is -0.393 e. The molecule has 1 nitrogen and oxygen atoms in total. The summed E-state index contributed by atoms with van der Waals surface area (Å²) in [7, 11) is 0. The topological polar surface area (TPSA) is 20.2 Å². The number of rotatable bonds is 4. The van der Waals surface area contributed by atoms with Crippen LogP contribution in [0.3, 0.4) is 0 Å². The molecule has 4 rings (SSSR count). The van der Waals surface area contributed by atoms with Gasteiger partial charge in [-0.25, -0.2) is 0 Å². The molecule has 1 aromatic rings. The van der Waals surface area contributed by atoms with E-state index in [9.17, 15) is 5.11 Å². The number of benzene rings is 1. The molecule has 29 heavy (non-hydrogen) atoms. The molecule has 0 bridgehead atoms. The summed E-state index contributed by atoms with van der Waals surface area (Å²) in [6.07, 6.45) is 13.0. The van der Waals surface area contributed by atoms with Gasteiger partial charge in [0.05, 0.1) is 6.10 Å². The van der Waals surface area contributed by atoms with E-state index in [2.05, 4.69) is 59.8 Å². The third-order valence-corrected chi connectivity index (χ3v) is 9.26. The fourth-order valence-electron chi connectivity index (χ4n) is 6.94. The van der Waals surface area contributed by atoms with Crippen LogP contribution in [0.4, 0.5) is 0 Å². The molecule has 0 heterocycles. The summed E-state index contributed by atoms with van der Waals surface area (Å²) in [6, 6.07) is 2.53. The Bertz CT molecular complexity index is 788. The monoisotopic (exact) mass is 394 g/mol. The molecule has 3 aliphatic rings. The molecule has 3 aliphatic carbocycles. The maximum atomic E-state index is 10.2. The Morgan fingerprint density at radius 1 is 1.03 bits per heavy atom. The van der Waals surface area contributed by atoms with Crippen LogP contribution in [-0.2, 0) is 19.3 Å². The number of allylic oxidation sites excluding steroid dienone is 2. The van der Waals surface area contributed by atoms with E-state index in [0.717, 1.165) is 31.1 Å². The lowest BCUT2D eigenvalue weighted by Gasteiger charge is -2.45. The molecule has 160 valence electrons. The van der Waals surface area contributed by atoms with Crippen LogP contribution in [0.15, 0.2) is 18.2 Å². The van der Waals surface area contributed by atoms with Crippen LogP contribution < -0.4 is 0 Å². The van der Waals surface area contributed by atoms with Crippen molar-refractivity contribution >= 4 is 0 Å².